The highest BCUT2D eigenvalue weighted by Crippen LogP contribution is 2.24. The number of rotatable bonds is 5. The van der Waals surface area contributed by atoms with Gasteiger partial charge in [0.25, 0.3) is 5.56 Å². The van der Waals surface area contributed by atoms with Crippen LogP contribution in [0.5, 0.6) is 0 Å². The van der Waals surface area contributed by atoms with Gasteiger partial charge in [0, 0.05) is 39.8 Å². The summed E-state index contributed by atoms with van der Waals surface area (Å²) in [7, 11) is 0. The Morgan fingerprint density at radius 2 is 1.90 bits per heavy atom. The van der Waals surface area contributed by atoms with Crippen molar-refractivity contribution in [3.63, 3.8) is 0 Å². The minimum atomic E-state index is -0.359. The number of benzene rings is 2. The first kappa shape index (κ1) is 19.3. The van der Waals surface area contributed by atoms with Gasteiger partial charge in [-0.3, -0.25) is 9.36 Å². The number of halogens is 1. The highest BCUT2D eigenvalue weighted by atomic mass is 35.5. The highest BCUT2D eigenvalue weighted by Gasteiger charge is 2.14. The molecule has 0 saturated carbocycles. The van der Waals surface area contributed by atoms with E-state index >= 15 is 0 Å². The van der Waals surface area contributed by atoms with Gasteiger partial charge in [0.05, 0.1) is 11.6 Å². The molecule has 0 bridgehead atoms. The van der Waals surface area contributed by atoms with Gasteiger partial charge in [0.1, 0.15) is 0 Å². The number of pyridine rings is 1. The Bertz CT molecular complexity index is 1320. The topological polar surface area (TPSA) is 80.0 Å². The number of nitrogens with zero attached hydrogens (tertiary/aromatic N) is 1. The SMILES string of the molecule is CC(C)Cn1c(=O)oc2cc(N[C@@H](C)c3cc4cc(Cl)ccc4[nH]c3=O)ccc21. The van der Waals surface area contributed by atoms with Gasteiger partial charge in [-0.25, -0.2) is 4.79 Å². The fraction of sp³-hybridized carbons (Fsp3) is 0.273. The van der Waals surface area contributed by atoms with E-state index in [0.717, 1.165) is 22.1 Å². The average Bonchev–Trinajstić information content (AvgIpc) is 2.95. The fourth-order valence-electron chi connectivity index (χ4n) is 3.54. The van der Waals surface area contributed by atoms with Crippen LogP contribution in [0.2, 0.25) is 5.02 Å². The third kappa shape index (κ3) is 3.80. The highest BCUT2D eigenvalue weighted by molar-refractivity contribution is 6.31. The van der Waals surface area contributed by atoms with Crippen molar-refractivity contribution in [1.29, 1.82) is 0 Å². The molecule has 29 heavy (non-hydrogen) atoms. The summed E-state index contributed by atoms with van der Waals surface area (Å²) in [4.78, 5) is 27.6. The third-order valence-corrected chi connectivity index (χ3v) is 5.14. The zero-order valence-electron chi connectivity index (χ0n) is 16.5. The molecule has 4 rings (SSSR count). The van der Waals surface area contributed by atoms with Gasteiger partial charge in [-0.05, 0) is 49.2 Å². The predicted molar refractivity (Wildman–Crippen MR) is 117 cm³/mol. The lowest BCUT2D eigenvalue weighted by atomic mass is 10.1. The largest absolute Gasteiger partial charge is 0.419 e. The van der Waals surface area contributed by atoms with Gasteiger partial charge in [0.15, 0.2) is 5.58 Å². The number of hydrogen-bond donors (Lipinski definition) is 2. The molecule has 6 nitrogen and oxygen atoms in total. The summed E-state index contributed by atoms with van der Waals surface area (Å²) in [5.41, 5.74) is 3.23. The summed E-state index contributed by atoms with van der Waals surface area (Å²) in [6.07, 6.45) is 0. The molecular weight excluding hydrogens is 390 g/mol. The summed E-state index contributed by atoms with van der Waals surface area (Å²) in [6, 6.07) is 12.5. The number of oxazole rings is 1. The molecule has 2 N–H and O–H groups in total. The molecule has 0 amide bonds. The Morgan fingerprint density at radius 3 is 2.66 bits per heavy atom. The first-order valence-corrected chi connectivity index (χ1v) is 9.92. The fourth-order valence-corrected chi connectivity index (χ4v) is 3.72. The van der Waals surface area contributed by atoms with Gasteiger partial charge in [-0.1, -0.05) is 25.4 Å². The molecule has 4 aromatic rings. The first-order valence-electron chi connectivity index (χ1n) is 9.54. The molecule has 2 aromatic carbocycles. The van der Waals surface area contributed by atoms with Crippen molar-refractivity contribution in [3.05, 3.63) is 74.0 Å². The minimum Gasteiger partial charge on any atom is -0.408 e. The molecule has 1 atom stereocenters. The number of nitrogens with one attached hydrogen (secondary N) is 2. The van der Waals surface area contributed by atoms with Gasteiger partial charge < -0.3 is 14.7 Å². The van der Waals surface area contributed by atoms with Crippen molar-refractivity contribution < 1.29 is 4.42 Å². The monoisotopic (exact) mass is 411 g/mol. The van der Waals surface area contributed by atoms with E-state index in [1.54, 1.807) is 22.8 Å². The predicted octanol–water partition coefficient (Wildman–Crippen LogP) is 4.92. The van der Waals surface area contributed by atoms with Gasteiger partial charge in [-0.2, -0.15) is 0 Å². The quantitative estimate of drug-likeness (QED) is 0.488. The number of fused-ring (bicyclic) bond motifs is 2. The molecule has 0 radical (unpaired) electrons. The van der Waals surface area contributed by atoms with Gasteiger partial charge in [0.2, 0.25) is 0 Å². The van der Waals surface area contributed by atoms with Crippen molar-refractivity contribution in [2.45, 2.75) is 33.4 Å². The van der Waals surface area contributed by atoms with Crippen LogP contribution in [-0.2, 0) is 6.54 Å². The number of anilines is 1. The van der Waals surface area contributed by atoms with E-state index in [-0.39, 0.29) is 17.4 Å². The van der Waals surface area contributed by atoms with E-state index in [2.05, 4.69) is 24.1 Å². The number of H-pyrrole nitrogens is 1. The molecule has 0 fully saturated rings. The Hall–Kier alpha value is -2.99. The average molecular weight is 412 g/mol. The van der Waals surface area contributed by atoms with Crippen LogP contribution < -0.4 is 16.6 Å². The van der Waals surface area contributed by atoms with E-state index in [0.29, 0.717) is 28.6 Å². The van der Waals surface area contributed by atoms with Crippen LogP contribution >= 0.6 is 11.6 Å². The first-order chi connectivity index (χ1) is 13.8. The van der Waals surface area contributed by atoms with Crippen molar-refractivity contribution >= 4 is 39.3 Å². The number of hydrogen-bond acceptors (Lipinski definition) is 4. The van der Waals surface area contributed by atoms with Crippen LogP contribution in [0.1, 0.15) is 32.4 Å². The Kier molecular flexibility index (Phi) is 4.96. The summed E-state index contributed by atoms with van der Waals surface area (Å²) in [5, 5.41) is 4.80. The summed E-state index contributed by atoms with van der Waals surface area (Å²) in [6.45, 7) is 6.61. The van der Waals surface area contributed by atoms with Crippen LogP contribution in [0.3, 0.4) is 0 Å². The zero-order chi connectivity index (χ0) is 20.7. The molecular formula is C22H22ClN3O3. The van der Waals surface area contributed by atoms with Gasteiger partial charge in [-0.15, -0.1) is 0 Å². The van der Waals surface area contributed by atoms with Crippen LogP contribution in [0, 0.1) is 5.92 Å². The molecule has 0 aliphatic heterocycles. The molecule has 2 heterocycles. The van der Waals surface area contributed by atoms with Crippen molar-refractivity contribution in [2.24, 2.45) is 5.92 Å². The van der Waals surface area contributed by atoms with Crippen molar-refractivity contribution in [1.82, 2.24) is 9.55 Å². The van der Waals surface area contributed by atoms with E-state index < -0.39 is 0 Å². The molecule has 0 unspecified atom stereocenters. The molecule has 7 heteroatoms. The maximum absolute atomic E-state index is 12.5. The summed E-state index contributed by atoms with van der Waals surface area (Å²) < 4.78 is 7.05. The Morgan fingerprint density at radius 1 is 1.10 bits per heavy atom. The lowest BCUT2D eigenvalue weighted by molar-refractivity contribution is 0.458. The number of aromatic amines is 1. The Balaban J connectivity index is 1.66. The lowest BCUT2D eigenvalue weighted by Gasteiger charge is -2.15. The molecule has 0 aliphatic rings. The molecule has 0 aliphatic carbocycles. The van der Waals surface area contributed by atoms with E-state index in [9.17, 15) is 9.59 Å². The minimum absolute atomic E-state index is 0.157. The van der Waals surface area contributed by atoms with E-state index in [1.807, 2.05) is 31.2 Å². The van der Waals surface area contributed by atoms with Gasteiger partial charge >= 0.3 is 5.76 Å². The number of aromatic nitrogens is 2. The van der Waals surface area contributed by atoms with Crippen molar-refractivity contribution in [3.8, 4) is 0 Å². The van der Waals surface area contributed by atoms with Crippen LogP contribution in [0.4, 0.5) is 5.69 Å². The molecule has 0 spiro atoms. The van der Waals surface area contributed by atoms with Crippen LogP contribution in [-0.4, -0.2) is 9.55 Å². The van der Waals surface area contributed by atoms with Crippen molar-refractivity contribution in [2.75, 3.05) is 5.32 Å². The second kappa shape index (κ2) is 7.44. The lowest BCUT2D eigenvalue weighted by Crippen LogP contribution is -2.19. The molecule has 2 aromatic heterocycles. The second-order valence-corrected chi connectivity index (χ2v) is 8.14. The second-order valence-electron chi connectivity index (χ2n) is 7.71. The molecule has 0 saturated heterocycles. The van der Waals surface area contributed by atoms with Crippen LogP contribution in [0.15, 0.2) is 56.5 Å². The Labute approximate surface area is 172 Å². The van der Waals surface area contributed by atoms with Crippen LogP contribution in [0.25, 0.3) is 22.0 Å². The normalized spacial score (nSPS) is 12.7. The zero-order valence-corrected chi connectivity index (χ0v) is 17.2. The van der Waals surface area contributed by atoms with E-state index in [1.165, 1.54) is 0 Å². The van der Waals surface area contributed by atoms with E-state index in [4.69, 9.17) is 16.0 Å². The maximum Gasteiger partial charge on any atom is 0.419 e. The smallest absolute Gasteiger partial charge is 0.408 e. The third-order valence-electron chi connectivity index (χ3n) is 4.90. The standard InChI is InChI=1S/C22H22ClN3O3/c1-12(2)11-26-19-7-5-16(10-20(19)29-22(26)28)24-13(3)17-9-14-8-15(23)4-6-18(14)25-21(17)27/h4-10,12-13,24H,11H2,1-3H3,(H,25,27)/t13-/m0/s1. The summed E-state index contributed by atoms with van der Waals surface area (Å²) in [5.74, 6) is -0.0267. The summed E-state index contributed by atoms with van der Waals surface area (Å²) >= 11 is 6.08. The maximum atomic E-state index is 12.5. The molecule has 150 valence electrons.